The number of pyridine rings is 1. The number of carbonyl (C=O) groups is 1. The number of ether oxygens (including phenoxy) is 1. The van der Waals surface area contributed by atoms with Crippen molar-refractivity contribution in [1.82, 2.24) is 4.98 Å². The summed E-state index contributed by atoms with van der Waals surface area (Å²) in [7, 11) is 2.26. The van der Waals surface area contributed by atoms with Crippen LogP contribution in [0.3, 0.4) is 0 Å². The Kier molecular flexibility index (Phi) is 7.82. The summed E-state index contributed by atoms with van der Waals surface area (Å²) in [5.41, 5.74) is 0.0186. The van der Waals surface area contributed by atoms with E-state index in [0.29, 0.717) is 5.56 Å². The number of likely N-dealkylation sites (N-methyl/N-ethyl adjacent to an activating group) is 1. The fourth-order valence-electron chi connectivity index (χ4n) is 5.84. The van der Waals surface area contributed by atoms with Crippen molar-refractivity contribution >= 4 is 5.97 Å². The number of rotatable bonds is 8. The minimum absolute atomic E-state index is 0.185. The molecule has 4 rings (SSSR count). The van der Waals surface area contributed by atoms with Crippen LogP contribution in [0, 0.1) is 5.92 Å². The van der Waals surface area contributed by atoms with Gasteiger partial charge in [-0.05, 0) is 36.0 Å². The maximum Gasteiger partial charge on any atom is 0.300 e. The zero-order chi connectivity index (χ0) is 23.2. The van der Waals surface area contributed by atoms with Gasteiger partial charge in [-0.3, -0.25) is 9.78 Å². The second-order valence-electron chi connectivity index (χ2n) is 10.3. The van der Waals surface area contributed by atoms with E-state index in [-0.39, 0.29) is 12.0 Å². The van der Waals surface area contributed by atoms with Crippen molar-refractivity contribution in [2.24, 2.45) is 5.92 Å². The van der Waals surface area contributed by atoms with E-state index in [1.807, 2.05) is 42.6 Å². The van der Waals surface area contributed by atoms with Crippen LogP contribution in [-0.4, -0.2) is 48.2 Å². The van der Waals surface area contributed by atoms with Crippen LogP contribution in [-0.2, 0) is 21.6 Å². The van der Waals surface area contributed by atoms with Crippen molar-refractivity contribution in [3.05, 3.63) is 66.0 Å². The number of nitrogens with zero attached hydrogens (tertiary/aromatic N) is 2. The van der Waals surface area contributed by atoms with E-state index in [9.17, 15) is 9.90 Å². The lowest BCUT2D eigenvalue weighted by Crippen LogP contribution is -2.59. The Bertz CT molecular complexity index is 885. The minimum atomic E-state index is -1.80. The summed E-state index contributed by atoms with van der Waals surface area (Å²) < 4.78 is 6.93. The van der Waals surface area contributed by atoms with Crippen LogP contribution < -0.4 is 5.11 Å². The number of likely N-dealkylation sites (tertiary alicyclic amines) is 1. The van der Waals surface area contributed by atoms with E-state index in [4.69, 9.17) is 4.74 Å². The third-order valence-electron chi connectivity index (χ3n) is 7.71. The summed E-state index contributed by atoms with van der Waals surface area (Å²) in [5, 5.41) is 14.2. The summed E-state index contributed by atoms with van der Waals surface area (Å²) in [4.78, 5) is 17.7. The van der Waals surface area contributed by atoms with Gasteiger partial charge in [0.1, 0.15) is 6.54 Å². The number of piperidine rings is 1. The third-order valence-corrected chi connectivity index (χ3v) is 7.71. The summed E-state index contributed by atoms with van der Waals surface area (Å²) in [6.07, 6.45) is 12.3. The molecule has 2 aliphatic rings. The number of esters is 1. The molecule has 5 heteroatoms. The molecule has 1 saturated carbocycles. The molecule has 3 atom stereocenters. The third kappa shape index (κ3) is 5.82. The predicted octanol–water partition coefficient (Wildman–Crippen LogP) is 4.00. The molecule has 0 radical (unpaired) electrons. The van der Waals surface area contributed by atoms with Gasteiger partial charge in [0.2, 0.25) is 0 Å². The molecule has 0 bridgehead atoms. The zero-order valence-corrected chi connectivity index (χ0v) is 20.0. The molecule has 2 aromatic rings. The van der Waals surface area contributed by atoms with Gasteiger partial charge >= 0.3 is 5.97 Å². The first-order chi connectivity index (χ1) is 16.0. The topological polar surface area (TPSA) is 62.2 Å². The molecule has 1 saturated heterocycles. The minimum Gasteiger partial charge on any atom is -0.837 e. The quantitative estimate of drug-likeness (QED) is 0.450. The molecule has 1 aromatic carbocycles. The average Bonchev–Trinajstić information content (AvgIpc) is 2.85. The van der Waals surface area contributed by atoms with Gasteiger partial charge in [0.05, 0.1) is 20.1 Å². The normalized spacial score (nSPS) is 25.8. The van der Waals surface area contributed by atoms with Gasteiger partial charge in [-0.1, -0.05) is 68.5 Å². The second-order valence-corrected chi connectivity index (χ2v) is 10.3. The van der Waals surface area contributed by atoms with Crippen LogP contribution >= 0.6 is 0 Å². The number of benzene rings is 1. The van der Waals surface area contributed by atoms with Gasteiger partial charge in [-0.25, -0.2) is 0 Å². The predicted molar refractivity (Wildman–Crippen MR) is 127 cm³/mol. The van der Waals surface area contributed by atoms with E-state index in [0.717, 1.165) is 81.9 Å². The van der Waals surface area contributed by atoms with E-state index in [1.165, 1.54) is 5.56 Å². The van der Waals surface area contributed by atoms with Crippen LogP contribution in [0.25, 0.3) is 0 Å². The smallest absolute Gasteiger partial charge is 0.300 e. The second kappa shape index (κ2) is 10.8. The van der Waals surface area contributed by atoms with Crippen LogP contribution in [0.15, 0.2) is 54.9 Å². The van der Waals surface area contributed by atoms with Gasteiger partial charge in [0, 0.05) is 30.8 Å². The lowest BCUT2D eigenvalue weighted by atomic mass is 9.73. The van der Waals surface area contributed by atoms with Crippen LogP contribution in [0.4, 0.5) is 0 Å². The summed E-state index contributed by atoms with van der Waals surface area (Å²) >= 11 is 0. The van der Waals surface area contributed by atoms with Crippen molar-refractivity contribution in [3.8, 4) is 0 Å². The first-order valence-corrected chi connectivity index (χ1v) is 12.7. The van der Waals surface area contributed by atoms with Crippen molar-refractivity contribution in [2.45, 2.75) is 69.5 Å². The Morgan fingerprint density at radius 1 is 1.09 bits per heavy atom. The molecule has 2 unspecified atom stereocenters. The van der Waals surface area contributed by atoms with Gasteiger partial charge in [0.25, 0.3) is 0 Å². The maximum atomic E-state index is 14.2. The lowest BCUT2D eigenvalue weighted by molar-refractivity contribution is -0.917. The fourth-order valence-corrected chi connectivity index (χ4v) is 5.84. The summed E-state index contributed by atoms with van der Waals surface area (Å²) in [5.74, 6) is -0.750. The van der Waals surface area contributed by atoms with Crippen LogP contribution in [0.1, 0.15) is 62.5 Å². The van der Waals surface area contributed by atoms with E-state index in [1.54, 1.807) is 6.20 Å². The van der Waals surface area contributed by atoms with Crippen molar-refractivity contribution in [3.63, 3.8) is 0 Å². The molecular formula is C28H38N2O3. The summed E-state index contributed by atoms with van der Waals surface area (Å²) in [6, 6.07) is 13.3. The molecule has 0 spiro atoms. The molecule has 2 heterocycles. The van der Waals surface area contributed by atoms with E-state index < -0.39 is 11.6 Å². The Morgan fingerprint density at radius 3 is 2.61 bits per heavy atom. The Balaban J connectivity index is 1.41. The standard InChI is InChI=1S/C28H38N2O3/c1-30(19-9-12-23-11-8-18-29-21-23)20-10-17-26(22-30)33-27(31)28(32,24-13-4-2-5-14-24)25-15-6-3-7-16-25/h2,4-5,8,11,13-14,18,21,25-26H,3,6-7,9-10,12,15-17,19-20,22H2,1H3/t26?,28?,30-/m1/s1. The number of carbonyl (C=O) groups excluding carboxylic acids is 1. The zero-order valence-electron chi connectivity index (χ0n) is 20.0. The Hall–Kier alpha value is -2.24. The Morgan fingerprint density at radius 2 is 1.88 bits per heavy atom. The molecule has 0 N–H and O–H groups in total. The number of aryl methyl sites for hydroxylation is 1. The lowest BCUT2D eigenvalue weighted by Gasteiger charge is -2.48. The monoisotopic (exact) mass is 450 g/mol. The van der Waals surface area contributed by atoms with Gasteiger partial charge in [-0.15, -0.1) is 0 Å². The molecule has 1 aliphatic heterocycles. The highest BCUT2D eigenvalue weighted by molar-refractivity contribution is 5.81. The Labute approximate surface area is 198 Å². The van der Waals surface area contributed by atoms with Crippen molar-refractivity contribution in [1.29, 1.82) is 0 Å². The largest absolute Gasteiger partial charge is 0.837 e. The van der Waals surface area contributed by atoms with Crippen molar-refractivity contribution < 1.29 is 19.1 Å². The van der Waals surface area contributed by atoms with Crippen molar-refractivity contribution in [2.75, 3.05) is 26.7 Å². The molecule has 5 nitrogen and oxygen atoms in total. The molecule has 178 valence electrons. The van der Waals surface area contributed by atoms with E-state index in [2.05, 4.69) is 18.1 Å². The molecule has 1 aromatic heterocycles. The van der Waals surface area contributed by atoms with Crippen LogP contribution in [0.2, 0.25) is 0 Å². The molecule has 33 heavy (non-hydrogen) atoms. The highest BCUT2D eigenvalue weighted by Gasteiger charge is 2.41. The van der Waals surface area contributed by atoms with Gasteiger partial charge < -0.3 is 14.3 Å². The van der Waals surface area contributed by atoms with Gasteiger partial charge in [-0.2, -0.15) is 0 Å². The fraction of sp³-hybridized carbons (Fsp3) is 0.571. The summed E-state index contributed by atoms with van der Waals surface area (Å²) in [6.45, 7) is 2.91. The SMILES string of the molecule is C[N@@+]1(CCCc2cccnc2)CCCC(OC(=O)C([O-])(c2ccccc2)C2CCCCC2)C1. The number of hydrogen-bond acceptors (Lipinski definition) is 4. The molecule has 2 fully saturated rings. The maximum absolute atomic E-state index is 14.2. The van der Waals surface area contributed by atoms with Crippen LogP contribution in [0.5, 0.6) is 0 Å². The first kappa shape index (κ1) is 23.9. The molecule has 1 aliphatic carbocycles. The highest BCUT2D eigenvalue weighted by Crippen LogP contribution is 2.39. The number of hydrogen-bond donors (Lipinski definition) is 0. The molecule has 0 amide bonds. The molecular weight excluding hydrogens is 412 g/mol. The first-order valence-electron chi connectivity index (χ1n) is 12.7. The van der Waals surface area contributed by atoms with E-state index >= 15 is 0 Å². The number of quaternary nitrogens is 1. The number of aromatic nitrogens is 1. The average molecular weight is 451 g/mol. The van der Waals surface area contributed by atoms with Gasteiger partial charge in [0.15, 0.2) is 6.10 Å². The highest BCUT2D eigenvalue weighted by atomic mass is 16.6.